The summed E-state index contributed by atoms with van der Waals surface area (Å²) >= 11 is 5.21. The number of hydrogen-bond donors (Lipinski definition) is 2. The van der Waals surface area contributed by atoms with E-state index in [2.05, 4.69) is 4.84 Å². The van der Waals surface area contributed by atoms with Crippen LogP contribution < -0.4 is 10.6 Å². The summed E-state index contributed by atoms with van der Waals surface area (Å²) in [6, 6.07) is -0.424. The Hall–Kier alpha value is -0.280. The SMILES string of the molecule is CC(C)[C@H](NCl)C(N)=O. The summed E-state index contributed by atoms with van der Waals surface area (Å²) in [4.78, 5) is 12.7. The molecular weight excluding hydrogens is 140 g/mol. The van der Waals surface area contributed by atoms with Crippen molar-refractivity contribution in [1.82, 2.24) is 4.84 Å². The molecule has 1 atom stereocenters. The quantitative estimate of drug-likeness (QED) is 0.567. The maximum atomic E-state index is 10.4. The molecule has 0 aliphatic rings. The van der Waals surface area contributed by atoms with Crippen molar-refractivity contribution in [2.45, 2.75) is 19.9 Å². The minimum atomic E-state index is -0.424. The topological polar surface area (TPSA) is 55.1 Å². The second-order valence-corrected chi connectivity index (χ2v) is 2.45. The fraction of sp³-hybridized carbons (Fsp3) is 0.800. The minimum absolute atomic E-state index is 0.139. The third kappa shape index (κ3) is 2.67. The molecule has 3 N–H and O–H groups in total. The lowest BCUT2D eigenvalue weighted by molar-refractivity contribution is -0.120. The van der Waals surface area contributed by atoms with Crippen LogP contribution in [0.1, 0.15) is 13.8 Å². The molecule has 0 aliphatic carbocycles. The van der Waals surface area contributed by atoms with Gasteiger partial charge in [-0.2, -0.15) is 0 Å². The molecule has 3 nitrogen and oxygen atoms in total. The molecule has 0 aliphatic heterocycles. The average Bonchev–Trinajstić information content (AvgIpc) is 1.64. The summed E-state index contributed by atoms with van der Waals surface area (Å²) in [7, 11) is 0. The molecule has 0 saturated heterocycles. The van der Waals surface area contributed by atoms with Crippen LogP contribution in [0.5, 0.6) is 0 Å². The molecule has 0 aromatic carbocycles. The van der Waals surface area contributed by atoms with E-state index in [0.29, 0.717) is 0 Å². The van der Waals surface area contributed by atoms with Gasteiger partial charge >= 0.3 is 0 Å². The van der Waals surface area contributed by atoms with Crippen LogP contribution in [0, 0.1) is 5.92 Å². The highest BCUT2D eigenvalue weighted by Gasteiger charge is 2.16. The summed E-state index contributed by atoms with van der Waals surface area (Å²) in [5.41, 5.74) is 4.96. The summed E-state index contributed by atoms with van der Waals surface area (Å²) in [6.45, 7) is 3.73. The highest BCUT2D eigenvalue weighted by Crippen LogP contribution is 2.00. The third-order valence-electron chi connectivity index (χ3n) is 1.09. The Morgan fingerprint density at radius 1 is 1.67 bits per heavy atom. The first-order chi connectivity index (χ1) is 4.09. The molecule has 0 saturated carbocycles. The number of halogens is 1. The summed E-state index contributed by atoms with van der Waals surface area (Å²) in [6.07, 6.45) is 0. The normalized spacial score (nSPS) is 13.8. The number of hydrogen-bond acceptors (Lipinski definition) is 2. The van der Waals surface area contributed by atoms with E-state index in [9.17, 15) is 4.79 Å². The molecule has 0 rings (SSSR count). The summed E-state index contributed by atoms with van der Waals surface area (Å²) < 4.78 is 0. The zero-order valence-corrected chi connectivity index (χ0v) is 6.27. The van der Waals surface area contributed by atoms with Gasteiger partial charge in [0, 0.05) is 0 Å². The van der Waals surface area contributed by atoms with E-state index in [0.717, 1.165) is 0 Å². The van der Waals surface area contributed by atoms with Crippen molar-refractivity contribution in [3.05, 3.63) is 0 Å². The van der Waals surface area contributed by atoms with Gasteiger partial charge in [0.2, 0.25) is 5.91 Å². The molecule has 0 spiro atoms. The van der Waals surface area contributed by atoms with Crippen LogP contribution in [-0.2, 0) is 4.79 Å². The van der Waals surface area contributed by atoms with Gasteiger partial charge in [-0.05, 0) is 17.7 Å². The predicted octanol–water partition coefficient (Wildman–Crippen LogP) is 0.240. The number of amides is 1. The van der Waals surface area contributed by atoms with Gasteiger partial charge in [-0.15, -0.1) is 0 Å². The van der Waals surface area contributed by atoms with E-state index in [-0.39, 0.29) is 5.92 Å². The van der Waals surface area contributed by atoms with Gasteiger partial charge in [0.15, 0.2) is 0 Å². The standard InChI is InChI=1S/C5H11ClN2O/c1-3(2)4(8-6)5(7)9/h3-4,8H,1-2H3,(H2,7,9)/t4-/m0/s1. The zero-order valence-electron chi connectivity index (χ0n) is 5.52. The van der Waals surface area contributed by atoms with Crippen molar-refractivity contribution in [3.8, 4) is 0 Å². The predicted molar refractivity (Wildman–Crippen MR) is 36.8 cm³/mol. The van der Waals surface area contributed by atoms with Crippen LogP contribution in [0.25, 0.3) is 0 Å². The van der Waals surface area contributed by atoms with Gasteiger partial charge in [0.05, 0.1) is 0 Å². The number of nitrogens with one attached hydrogen (secondary N) is 1. The maximum Gasteiger partial charge on any atom is 0.236 e. The van der Waals surface area contributed by atoms with Crippen LogP contribution in [0.15, 0.2) is 0 Å². The summed E-state index contributed by atoms with van der Waals surface area (Å²) in [5.74, 6) is -0.278. The Balaban J connectivity index is 3.83. The zero-order chi connectivity index (χ0) is 7.44. The molecule has 54 valence electrons. The highest BCUT2D eigenvalue weighted by atomic mass is 35.5. The van der Waals surface area contributed by atoms with Crippen LogP contribution in [0.2, 0.25) is 0 Å². The molecule has 4 heteroatoms. The Kier molecular flexibility index (Phi) is 3.58. The molecule has 0 heterocycles. The molecule has 0 unspecified atom stereocenters. The van der Waals surface area contributed by atoms with E-state index in [4.69, 9.17) is 17.5 Å². The maximum absolute atomic E-state index is 10.4. The van der Waals surface area contributed by atoms with Crippen LogP contribution in [-0.4, -0.2) is 11.9 Å². The van der Waals surface area contributed by atoms with E-state index in [1.165, 1.54) is 0 Å². The van der Waals surface area contributed by atoms with Crippen molar-refractivity contribution in [2.24, 2.45) is 11.7 Å². The molecule has 0 fully saturated rings. The highest BCUT2D eigenvalue weighted by molar-refractivity contribution is 6.15. The first-order valence-electron chi connectivity index (χ1n) is 2.75. The van der Waals surface area contributed by atoms with Gasteiger partial charge in [-0.3, -0.25) is 4.79 Å². The van der Waals surface area contributed by atoms with E-state index in [1.54, 1.807) is 0 Å². The summed E-state index contributed by atoms with van der Waals surface area (Å²) in [5, 5.41) is 0. The van der Waals surface area contributed by atoms with Crippen molar-refractivity contribution >= 4 is 17.7 Å². The van der Waals surface area contributed by atoms with Crippen LogP contribution in [0.4, 0.5) is 0 Å². The smallest absolute Gasteiger partial charge is 0.236 e. The first-order valence-corrected chi connectivity index (χ1v) is 3.13. The molecular formula is C5H11ClN2O. The van der Waals surface area contributed by atoms with E-state index >= 15 is 0 Å². The first kappa shape index (κ1) is 8.72. The molecule has 0 radical (unpaired) electrons. The van der Waals surface area contributed by atoms with Crippen LogP contribution in [0.3, 0.4) is 0 Å². The lowest BCUT2D eigenvalue weighted by Gasteiger charge is -2.13. The number of rotatable bonds is 3. The second-order valence-electron chi connectivity index (χ2n) is 2.23. The number of primary amides is 1. The number of carbonyl (C=O) groups is 1. The number of carbonyl (C=O) groups excluding carboxylic acids is 1. The molecule has 0 aromatic heterocycles. The Morgan fingerprint density at radius 3 is 2.11 bits per heavy atom. The van der Waals surface area contributed by atoms with E-state index in [1.807, 2.05) is 13.8 Å². The van der Waals surface area contributed by atoms with Gasteiger partial charge in [-0.25, -0.2) is 4.84 Å². The van der Waals surface area contributed by atoms with Crippen molar-refractivity contribution < 1.29 is 4.79 Å². The lowest BCUT2D eigenvalue weighted by Crippen LogP contribution is -2.40. The van der Waals surface area contributed by atoms with Gasteiger partial charge in [-0.1, -0.05) is 13.8 Å². The second kappa shape index (κ2) is 3.69. The average molecular weight is 151 g/mol. The molecule has 9 heavy (non-hydrogen) atoms. The van der Waals surface area contributed by atoms with Gasteiger partial charge < -0.3 is 5.73 Å². The minimum Gasteiger partial charge on any atom is -0.368 e. The molecule has 0 bridgehead atoms. The van der Waals surface area contributed by atoms with E-state index < -0.39 is 11.9 Å². The Bertz CT molecular complexity index is 105. The largest absolute Gasteiger partial charge is 0.368 e. The van der Waals surface area contributed by atoms with Crippen molar-refractivity contribution in [2.75, 3.05) is 0 Å². The molecule has 1 amide bonds. The van der Waals surface area contributed by atoms with Crippen molar-refractivity contribution in [3.63, 3.8) is 0 Å². The number of nitrogens with two attached hydrogens (primary N) is 1. The monoisotopic (exact) mass is 150 g/mol. The fourth-order valence-electron chi connectivity index (χ4n) is 0.508. The van der Waals surface area contributed by atoms with Crippen molar-refractivity contribution in [1.29, 1.82) is 0 Å². The molecule has 0 aromatic rings. The Morgan fingerprint density at radius 2 is 2.11 bits per heavy atom. The Labute approximate surface area is 59.7 Å². The lowest BCUT2D eigenvalue weighted by atomic mass is 10.1. The van der Waals surface area contributed by atoms with Gasteiger partial charge in [0.25, 0.3) is 0 Å². The van der Waals surface area contributed by atoms with Crippen LogP contribution >= 0.6 is 11.8 Å². The third-order valence-corrected chi connectivity index (χ3v) is 1.33. The van der Waals surface area contributed by atoms with Gasteiger partial charge in [0.1, 0.15) is 6.04 Å². The fourth-order valence-corrected chi connectivity index (χ4v) is 0.868.